The van der Waals surface area contributed by atoms with Crippen LogP contribution in [0.1, 0.15) is 19.4 Å². The first-order valence-electron chi connectivity index (χ1n) is 6.19. The van der Waals surface area contributed by atoms with Crippen LogP contribution in [0.4, 0.5) is 4.39 Å². The van der Waals surface area contributed by atoms with Crippen molar-refractivity contribution < 1.29 is 17.5 Å². The second kappa shape index (κ2) is 7.27. The first-order valence-corrected chi connectivity index (χ1v) is 7.91. The first kappa shape index (κ1) is 16.5. The predicted octanol–water partition coefficient (Wildman–Crippen LogP) is 1.34. The highest BCUT2D eigenvalue weighted by Gasteiger charge is 2.16. The molecule has 110 valence electrons. The van der Waals surface area contributed by atoms with Gasteiger partial charge in [-0.3, -0.25) is 0 Å². The fourth-order valence-corrected chi connectivity index (χ4v) is 2.16. The van der Waals surface area contributed by atoms with Gasteiger partial charge in [0.05, 0.1) is 23.1 Å². The zero-order valence-corrected chi connectivity index (χ0v) is 12.3. The molecule has 0 saturated carbocycles. The lowest BCUT2D eigenvalue weighted by atomic mass is 10.2. The molecule has 4 nitrogen and oxygen atoms in total. The topological polar surface area (TPSA) is 69.4 Å². The van der Waals surface area contributed by atoms with Gasteiger partial charge >= 0.3 is 0 Å². The number of hydrogen-bond donors (Lipinski definition) is 1. The lowest BCUT2D eigenvalue weighted by molar-refractivity contribution is 0.339. The minimum absolute atomic E-state index is 0.00342. The van der Waals surface area contributed by atoms with E-state index in [9.17, 15) is 12.8 Å². The average molecular weight is 299 g/mol. The highest BCUT2D eigenvalue weighted by atomic mass is 32.2. The summed E-state index contributed by atoms with van der Waals surface area (Å²) < 4.78 is 41.8. The smallest absolute Gasteiger partial charge is 0.155 e. The van der Waals surface area contributed by atoms with E-state index in [2.05, 4.69) is 11.8 Å². The Morgan fingerprint density at radius 3 is 2.70 bits per heavy atom. The zero-order chi connectivity index (χ0) is 15.2. The average Bonchev–Trinajstić information content (AvgIpc) is 2.38. The van der Waals surface area contributed by atoms with Crippen molar-refractivity contribution in [2.24, 2.45) is 5.73 Å². The van der Waals surface area contributed by atoms with Crippen LogP contribution < -0.4 is 10.5 Å². The van der Waals surface area contributed by atoms with Crippen LogP contribution in [0.2, 0.25) is 0 Å². The molecular formula is C14H18FNO3S. The molecule has 1 aromatic carbocycles. The lowest BCUT2D eigenvalue weighted by Gasteiger charge is -2.10. The van der Waals surface area contributed by atoms with Crippen molar-refractivity contribution in [2.75, 3.05) is 18.9 Å². The van der Waals surface area contributed by atoms with Crippen LogP contribution in [0.25, 0.3) is 0 Å². The SMILES string of the molecule is CC(C)S(=O)(=O)CCOc1ccc(F)cc1C#CCN. The predicted molar refractivity (Wildman–Crippen MR) is 76.8 cm³/mol. The van der Waals surface area contributed by atoms with Gasteiger partial charge in [0.2, 0.25) is 0 Å². The lowest BCUT2D eigenvalue weighted by Crippen LogP contribution is -2.22. The molecule has 0 aliphatic rings. The van der Waals surface area contributed by atoms with Crippen LogP contribution in [-0.2, 0) is 9.84 Å². The van der Waals surface area contributed by atoms with Crippen molar-refractivity contribution in [1.82, 2.24) is 0 Å². The van der Waals surface area contributed by atoms with E-state index in [1.54, 1.807) is 13.8 Å². The molecule has 0 atom stereocenters. The normalized spacial score (nSPS) is 11.1. The van der Waals surface area contributed by atoms with Gasteiger partial charge < -0.3 is 10.5 Å². The summed E-state index contributed by atoms with van der Waals surface area (Å²) in [6.07, 6.45) is 0. The summed E-state index contributed by atoms with van der Waals surface area (Å²) in [5, 5.41) is -0.448. The number of hydrogen-bond acceptors (Lipinski definition) is 4. The maximum absolute atomic E-state index is 13.1. The standard InChI is InChI=1S/C14H18FNO3S/c1-11(2)20(17,18)9-8-19-14-6-5-13(15)10-12(14)4-3-7-16/h5-6,10-11H,7-9,16H2,1-2H3. The van der Waals surface area contributed by atoms with Gasteiger partial charge in [-0.2, -0.15) is 0 Å². The molecule has 2 N–H and O–H groups in total. The van der Waals surface area contributed by atoms with Gasteiger partial charge in [0.1, 0.15) is 18.2 Å². The van der Waals surface area contributed by atoms with Crippen molar-refractivity contribution in [2.45, 2.75) is 19.1 Å². The second-order valence-electron chi connectivity index (χ2n) is 4.41. The molecule has 20 heavy (non-hydrogen) atoms. The van der Waals surface area contributed by atoms with Crippen molar-refractivity contribution >= 4 is 9.84 Å². The van der Waals surface area contributed by atoms with Crippen molar-refractivity contribution in [3.05, 3.63) is 29.6 Å². The molecule has 0 bridgehead atoms. The van der Waals surface area contributed by atoms with E-state index < -0.39 is 20.9 Å². The van der Waals surface area contributed by atoms with Crippen molar-refractivity contribution in [1.29, 1.82) is 0 Å². The Bertz CT molecular complexity index is 615. The number of benzene rings is 1. The largest absolute Gasteiger partial charge is 0.491 e. The van der Waals surface area contributed by atoms with Crippen LogP contribution >= 0.6 is 0 Å². The molecule has 0 heterocycles. The minimum Gasteiger partial charge on any atom is -0.491 e. The molecule has 0 aliphatic carbocycles. The molecule has 1 rings (SSSR count). The highest BCUT2D eigenvalue weighted by Crippen LogP contribution is 2.19. The van der Waals surface area contributed by atoms with Gasteiger partial charge in [0, 0.05) is 0 Å². The number of sulfone groups is 1. The zero-order valence-electron chi connectivity index (χ0n) is 11.5. The van der Waals surface area contributed by atoms with E-state index in [-0.39, 0.29) is 18.9 Å². The molecule has 6 heteroatoms. The Morgan fingerprint density at radius 1 is 1.40 bits per heavy atom. The van der Waals surface area contributed by atoms with Crippen LogP contribution in [0.5, 0.6) is 5.75 Å². The number of ether oxygens (including phenoxy) is 1. The summed E-state index contributed by atoms with van der Waals surface area (Å²) >= 11 is 0. The molecular weight excluding hydrogens is 281 g/mol. The fourth-order valence-electron chi connectivity index (χ4n) is 1.38. The molecule has 1 aromatic rings. The van der Waals surface area contributed by atoms with E-state index >= 15 is 0 Å². The van der Waals surface area contributed by atoms with Gasteiger partial charge in [-0.05, 0) is 32.0 Å². The molecule has 0 spiro atoms. The third-order valence-corrected chi connectivity index (χ3v) is 4.78. The number of rotatable bonds is 5. The third kappa shape index (κ3) is 4.83. The van der Waals surface area contributed by atoms with E-state index in [1.165, 1.54) is 18.2 Å². The molecule has 0 aliphatic heterocycles. The Morgan fingerprint density at radius 2 is 2.10 bits per heavy atom. The van der Waals surface area contributed by atoms with E-state index in [0.717, 1.165) is 0 Å². The Balaban J connectivity index is 2.78. The number of halogens is 1. The molecule has 0 radical (unpaired) electrons. The summed E-state index contributed by atoms with van der Waals surface area (Å²) in [5.74, 6) is 5.13. The Labute approximate surface area is 119 Å². The maximum Gasteiger partial charge on any atom is 0.155 e. The van der Waals surface area contributed by atoms with Gasteiger partial charge in [-0.25, -0.2) is 12.8 Å². The van der Waals surface area contributed by atoms with Gasteiger partial charge in [-0.15, -0.1) is 0 Å². The Kier molecular flexibility index (Phi) is 5.99. The van der Waals surface area contributed by atoms with Crippen LogP contribution in [-0.4, -0.2) is 32.6 Å². The molecule has 0 aromatic heterocycles. The van der Waals surface area contributed by atoms with E-state index in [4.69, 9.17) is 10.5 Å². The van der Waals surface area contributed by atoms with Gasteiger partial charge in [-0.1, -0.05) is 11.8 Å². The summed E-state index contributed by atoms with van der Waals surface area (Å²) in [6, 6.07) is 3.90. The van der Waals surface area contributed by atoms with Crippen molar-refractivity contribution in [3.8, 4) is 17.6 Å². The van der Waals surface area contributed by atoms with Crippen LogP contribution in [0.15, 0.2) is 18.2 Å². The molecule has 0 fully saturated rings. The molecule has 0 amide bonds. The van der Waals surface area contributed by atoms with Gasteiger partial charge in [0.25, 0.3) is 0 Å². The monoisotopic (exact) mass is 299 g/mol. The second-order valence-corrected chi connectivity index (χ2v) is 7.09. The van der Waals surface area contributed by atoms with E-state index in [0.29, 0.717) is 11.3 Å². The van der Waals surface area contributed by atoms with Crippen LogP contribution in [0, 0.1) is 17.7 Å². The summed E-state index contributed by atoms with van der Waals surface area (Å²) in [7, 11) is -3.16. The third-order valence-electron chi connectivity index (χ3n) is 2.61. The summed E-state index contributed by atoms with van der Waals surface area (Å²) in [6.45, 7) is 3.39. The first-order chi connectivity index (χ1) is 9.36. The van der Waals surface area contributed by atoms with Crippen LogP contribution in [0.3, 0.4) is 0 Å². The fraction of sp³-hybridized carbons (Fsp3) is 0.429. The van der Waals surface area contributed by atoms with Crippen molar-refractivity contribution in [3.63, 3.8) is 0 Å². The minimum atomic E-state index is -3.16. The number of nitrogens with two attached hydrogens (primary N) is 1. The van der Waals surface area contributed by atoms with E-state index in [1.807, 2.05) is 0 Å². The quantitative estimate of drug-likeness (QED) is 0.833. The Hall–Kier alpha value is -1.58. The summed E-state index contributed by atoms with van der Waals surface area (Å²) in [5.41, 5.74) is 5.63. The molecule has 0 unspecified atom stereocenters. The maximum atomic E-state index is 13.1. The highest BCUT2D eigenvalue weighted by molar-refractivity contribution is 7.91. The van der Waals surface area contributed by atoms with Gasteiger partial charge in [0.15, 0.2) is 9.84 Å². The summed E-state index contributed by atoms with van der Waals surface area (Å²) in [4.78, 5) is 0. The molecule has 0 saturated heterocycles.